The molecule has 22 heavy (non-hydrogen) atoms. The molecule has 0 atom stereocenters. The second kappa shape index (κ2) is 5.39. The second-order valence-electron chi connectivity index (χ2n) is 5.02. The molecule has 2 aromatic carbocycles. The first-order chi connectivity index (χ1) is 10.8. The highest BCUT2D eigenvalue weighted by atomic mass is 32.2. The van der Waals surface area contributed by atoms with Gasteiger partial charge in [-0.1, -0.05) is 36.0 Å². The highest BCUT2D eigenvalue weighted by molar-refractivity contribution is 7.99. The van der Waals surface area contributed by atoms with Crippen LogP contribution in [0.15, 0.2) is 70.6 Å². The minimum absolute atomic E-state index is 0.867. The fraction of sp³-hybridized carbons (Fsp3) is 0.0556. The van der Waals surface area contributed by atoms with Gasteiger partial charge in [-0.3, -0.25) is 0 Å². The van der Waals surface area contributed by atoms with Crippen molar-refractivity contribution >= 4 is 33.7 Å². The van der Waals surface area contributed by atoms with Crippen molar-refractivity contribution in [1.29, 1.82) is 0 Å². The molecule has 4 heteroatoms. The molecular weight excluding hydrogens is 292 g/mol. The van der Waals surface area contributed by atoms with Crippen molar-refractivity contribution in [1.82, 2.24) is 9.97 Å². The summed E-state index contributed by atoms with van der Waals surface area (Å²) in [6, 6.07) is 18.5. The molecule has 4 rings (SSSR count). The van der Waals surface area contributed by atoms with Crippen LogP contribution in [0, 0.1) is 0 Å². The van der Waals surface area contributed by atoms with Crippen molar-refractivity contribution in [2.24, 2.45) is 0 Å². The van der Waals surface area contributed by atoms with Crippen molar-refractivity contribution in [3.05, 3.63) is 60.8 Å². The van der Waals surface area contributed by atoms with E-state index >= 15 is 0 Å². The molecule has 0 saturated carbocycles. The Hall–Kier alpha value is -2.46. The summed E-state index contributed by atoms with van der Waals surface area (Å²) in [6.45, 7) is 0. The Morgan fingerprint density at radius 3 is 2.77 bits per heavy atom. The largest absolute Gasteiger partial charge is 0.497 e. The first-order valence-corrected chi connectivity index (χ1v) is 7.83. The first-order valence-electron chi connectivity index (χ1n) is 7.02. The molecule has 0 saturated heterocycles. The van der Waals surface area contributed by atoms with E-state index in [-0.39, 0.29) is 0 Å². The zero-order valence-electron chi connectivity index (χ0n) is 12.0. The number of nitrogens with zero attached hydrogens (tertiary/aromatic N) is 1. The quantitative estimate of drug-likeness (QED) is 0.586. The van der Waals surface area contributed by atoms with Gasteiger partial charge in [-0.25, -0.2) is 4.98 Å². The molecule has 108 valence electrons. The summed E-state index contributed by atoms with van der Waals surface area (Å²) in [5, 5.41) is 2.36. The smallest absolute Gasteiger partial charge is 0.138 e. The molecule has 0 radical (unpaired) electrons. The number of H-pyrrole nitrogens is 1. The van der Waals surface area contributed by atoms with E-state index in [1.165, 1.54) is 5.39 Å². The third-order valence-corrected chi connectivity index (χ3v) is 4.56. The topological polar surface area (TPSA) is 37.9 Å². The van der Waals surface area contributed by atoms with Gasteiger partial charge in [0.25, 0.3) is 0 Å². The third kappa shape index (κ3) is 2.31. The Labute approximate surface area is 132 Å². The van der Waals surface area contributed by atoms with Crippen LogP contribution >= 0.6 is 11.8 Å². The van der Waals surface area contributed by atoms with E-state index in [1.807, 2.05) is 30.5 Å². The van der Waals surface area contributed by atoms with Gasteiger partial charge in [-0.05, 0) is 30.3 Å². The number of hydrogen-bond acceptors (Lipinski definition) is 3. The highest BCUT2D eigenvalue weighted by Crippen LogP contribution is 2.33. The summed E-state index contributed by atoms with van der Waals surface area (Å²) < 4.78 is 5.27. The fourth-order valence-corrected chi connectivity index (χ4v) is 3.44. The summed E-state index contributed by atoms with van der Waals surface area (Å²) in [7, 11) is 1.68. The van der Waals surface area contributed by atoms with E-state index in [4.69, 9.17) is 4.74 Å². The number of benzene rings is 2. The number of hydrogen-bond donors (Lipinski definition) is 1. The van der Waals surface area contributed by atoms with E-state index in [2.05, 4.69) is 40.3 Å². The molecule has 0 aliphatic rings. The van der Waals surface area contributed by atoms with Crippen LogP contribution in [0.2, 0.25) is 0 Å². The van der Waals surface area contributed by atoms with Crippen LogP contribution in [-0.4, -0.2) is 17.1 Å². The lowest BCUT2D eigenvalue weighted by molar-refractivity contribution is 0.413. The van der Waals surface area contributed by atoms with Crippen LogP contribution in [-0.2, 0) is 0 Å². The fourth-order valence-electron chi connectivity index (χ4n) is 2.56. The maximum atomic E-state index is 5.27. The first kappa shape index (κ1) is 13.2. The van der Waals surface area contributed by atoms with Gasteiger partial charge in [0.2, 0.25) is 0 Å². The number of nitrogens with one attached hydrogen (secondary N) is 1. The highest BCUT2D eigenvalue weighted by Gasteiger charge is 2.07. The normalized spacial score (nSPS) is 11.1. The molecule has 0 aliphatic heterocycles. The Balaban J connectivity index is 1.77. The number of rotatable bonds is 3. The minimum atomic E-state index is 0.867. The molecule has 2 heterocycles. The predicted molar refractivity (Wildman–Crippen MR) is 90.7 cm³/mol. The second-order valence-corrected chi connectivity index (χ2v) is 6.17. The van der Waals surface area contributed by atoms with Gasteiger partial charge in [0.15, 0.2) is 0 Å². The number of para-hydroxylation sites is 1. The molecule has 2 aromatic heterocycles. The van der Waals surface area contributed by atoms with Crippen LogP contribution in [0.5, 0.6) is 5.75 Å². The van der Waals surface area contributed by atoms with Crippen LogP contribution < -0.4 is 4.74 Å². The molecule has 1 N–H and O–H groups in total. The standard InChI is InChI=1S/C18H14N2OS/c1-21-12-5-4-6-13(9-12)22-14-10-16-15-7-2-3-8-17(15)20-18(16)19-11-14/h2-11H,1H3,(H,19,20). The van der Waals surface area contributed by atoms with Crippen molar-refractivity contribution in [2.75, 3.05) is 7.11 Å². The number of methoxy groups -OCH3 is 1. The van der Waals surface area contributed by atoms with Crippen molar-refractivity contribution in [3.63, 3.8) is 0 Å². The molecular formula is C18H14N2OS. The number of aromatic nitrogens is 2. The summed E-state index contributed by atoms with van der Waals surface area (Å²) >= 11 is 1.69. The van der Waals surface area contributed by atoms with Crippen LogP contribution in [0.25, 0.3) is 21.9 Å². The zero-order chi connectivity index (χ0) is 14.9. The maximum absolute atomic E-state index is 5.27. The Morgan fingerprint density at radius 2 is 1.86 bits per heavy atom. The minimum Gasteiger partial charge on any atom is -0.497 e. The Bertz CT molecular complexity index is 962. The summed E-state index contributed by atoms with van der Waals surface area (Å²) in [5.74, 6) is 0.867. The maximum Gasteiger partial charge on any atom is 0.138 e. The van der Waals surface area contributed by atoms with Crippen molar-refractivity contribution in [3.8, 4) is 5.75 Å². The van der Waals surface area contributed by atoms with E-state index in [0.717, 1.165) is 32.1 Å². The molecule has 0 aliphatic carbocycles. The SMILES string of the molecule is COc1cccc(Sc2cnc3[nH]c4ccccc4c3c2)c1. The van der Waals surface area contributed by atoms with Gasteiger partial charge in [-0.15, -0.1) is 0 Å². The lowest BCUT2D eigenvalue weighted by Crippen LogP contribution is -1.83. The molecule has 0 fully saturated rings. The van der Waals surface area contributed by atoms with E-state index in [1.54, 1.807) is 18.9 Å². The molecule has 3 nitrogen and oxygen atoms in total. The van der Waals surface area contributed by atoms with Crippen LogP contribution in [0.4, 0.5) is 0 Å². The number of aromatic amines is 1. The van der Waals surface area contributed by atoms with Gasteiger partial charge >= 0.3 is 0 Å². The number of fused-ring (bicyclic) bond motifs is 3. The molecule has 0 spiro atoms. The lowest BCUT2D eigenvalue weighted by atomic mass is 10.2. The third-order valence-electron chi connectivity index (χ3n) is 3.61. The number of pyridine rings is 1. The van der Waals surface area contributed by atoms with Gasteiger partial charge in [0.05, 0.1) is 7.11 Å². The van der Waals surface area contributed by atoms with E-state index in [9.17, 15) is 0 Å². The summed E-state index contributed by atoms with van der Waals surface area (Å²) in [5.41, 5.74) is 2.05. The Morgan fingerprint density at radius 1 is 0.955 bits per heavy atom. The van der Waals surface area contributed by atoms with E-state index < -0.39 is 0 Å². The van der Waals surface area contributed by atoms with Crippen LogP contribution in [0.1, 0.15) is 0 Å². The molecule has 0 amide bonds. The van der Waals surface area contributed by atoms with Crippen molar-refractivity contribution in [2.45, 2.75) is 9.79 Å². The molecule has 0 bridgehead atoms. The predicted octanol–water partition coefficient (Wildman–Crippen LogP) is 4.88. The zero-order valence-corrected chi connectivity index (χ0v) is 12.9. The monoisotopic (exact) mass is 306 g/mol. The van der Waals surface area contributed by atoms with Gasteiger partial charge < -0.3 is 9.72 Å². The Kier molecular flexibility index (Phi) is 3.24. The van der Waals surface area contributed by atoms with E-state index in [0.29, 0.717) is 0 Å². The van der Waals surface area contributed by atoms with Gasteiger partial charge in [-0.2, -0.15) is 0 Å². The van der Waals surface area contributed by atoms with Gasteiger partial charge in [0, 0.05) is 32.3 Å². The average molecular weight is 306 g/mol. The van der Waals surface area contributed by atoms with Crippen LogP contribution in [0.3, 0.4) is 0 Å². The number of ether oxygens (including phenoxy) is 1. The average Bonchev–Trinajstić information content (AvgIpc) is 2.93. The molecule has 4 aromatic rings. The molecule has 0 unspecified atom stereocenters. The lowest BCUT2D eigenvalue weighted by Gasteiger charge is -2.04. The van der Waals surface area contributed by atoms with Gasteiger partial charge in [0.1, 0.15) is 11.4 Å². The summed E-state index contributed by atoms with van der Waals surface area (Å²) in [4.78, 5) is 10.2. The van der Waals surface area contributed by atoms with Crippen molar-refractivity contribution < 1.29 is 4.74 Å². The summed E-state index contributed by atoms with van der Waals surface area (Å²) in [6.07, 6.45) is 1.90.